The first-order chi connectivity index (χ1) is 13.6. The van der Waals surface area contributed by atoms with E-state index in [-0.39, 0.29) is 11.9 Å². The lowest BCUT2D eigenvalue weighted by atomic mass is 10.1. The molecule has 2 aromatic heterocycles. The van der Waals surface area contributed by atoms with E-state index in [1.807, 2.05) is 59.6 Å². The number of nitrogens with one attached hydrogen (secondary N) is 2. The van der Waals surface area contributed by atoms with Crippen molar-refractivity contribution in [3.05, 3.63) is 72.2 Å². The zero-order valence-corrected chi connectivity index (χ0v) is 14.6. The Balaban J connectivity index is 1.74. The van der Waals surface area contributed by atoms with Gasteiger partial charge in [0.05, 0.1) is 23.3 Å². The largest absolute Gasteiger partial charge is 0.479 e. The zero-order chi connectivity index (χ0) is 19.3. The number of hydrogen-bond acceptors (Lipinski definition) is 6. The van der Waals surface area contributed by atoms with Crippen LogP contribution in [0.5, 0.6) is 6.01 Å². The van der Waals surface area contributed by atoms with E-state index >= 15 is 0 Å². The fraction of sp³-hybridized carbons (Fsp3) is 0.0500. The predicted octanol–water partition coefficient (Wildman–Crippen LogP) is 3.02. The van der Waals surface area contributed by atoms with E-state index in [9.17, 15) is 9.90 Å². The summed E-state index contributed by atoms with van der Waals surface area (Å²) < 4.78 is 0. The number of nitrogens with two attached hydrogens (primary N) is 1. The Bertz CT molecular complexity index is 1220. The molecule has 8 nitrogen and oxygen atoms in total. The number of fused-ring (bicyclic) bond motifs is 2. The molecule has 0 fully saturated rings. The lowest BCUT2D eigenvalue weighted by Gasteiger charge is -2.27. The standard InChI is InChI=1S/C20H16N6O2/c21-18(27)17-16(10-23-20(28)25-17)26-15-8-4-3-7-14(15)24-19(26)12-9-22-13-6-2-1-5-11(12)13/h1-10,19,22,24H,(H2,21,27)(H,23,25,28). The van der Waals surface area contributed by atoms with Crippen molar-refractivity contribution in [1.29, 1.82) is 0 Å². The normalized spacial score (nSPS) is 15.4. The van der Waals surface area contributed by atoms with Crippen LogP contribution in [0.4, 0.5) is 17.1 Å². The van der Waals surface area contributed by atoms with E-state index in [1.165, 1.54) is 6.20 Å². The summed E-state index contributed by atoms with van der Waals surface area (Å²) in [6.07, 6.45) is 3.03. The van der Waals surface area contributed by atoms with Crippen molar-refractivity contribution in [2.24, 2.45) is 5.73 Å². The quantitative estimate of drug-likeness (QED) is 0.439. The van der Waals surface area contributed by atoms with Gasteiger partial charge in [0.25, 0.3) is 5.91 Å². The number of amides is 1. The van der Waals surface area contributed by atoms with Crippen molar-refractivity contribution in [1.82, 2.24) is 15.0 Å². The lowest BCUT2D eigenvalue weighted by Crippen LogP contribution is -2.27. The number of carbonyl (C=O) groups is 1. The topological polar surface area (TPSA) is 120 Å². The molecule has 4 aromatic rings. The Morgan fingerprint density at radius 2 is 1.89 bits per heavy atom. The molecule has 1 aliphatic heterocycles. The van der Waals surface area contributed by atoms with Crippen LogP contribution in [0, 0.1) is 0 Å². The van der Waals surface area contributed by atoms with E-state index in [4.69, 9.17) is 5.73 Å². The van der Waals surface area contributed by atoms with Gasteiger partial charge in [0, 0.05) is 22.7 Å². The summed E-state index contributed by atoms with van der Waals surface area (Å²) in [7, 11) is 0. The molecule has 0 bridgehead atoms. The van der Waals surface area contributed by atoms with Crippen molar-refractivity contribution in [3.8, 4) is 6.01 Å². The second kappa shape index (κ2) is 5.98. The van der Waals surface area contributed by atoms with Crippen molar-refractivity contribution < 1.29 is 9.90 Å². The van der Waals surface area contributed by atoms with Gasteiger partial charge in [0.2, 0.25) is 0 Å². The van der Waals surface area contributed by atoms with Gasteiger partial charge >= 0.3 is 6.01 Å². The van der Waals surface area contributed by atoms with Crippen LogP contribution in [0.25, 0.3) is 10.9 Å². The number of primary amides is 1. The summed E-state index contributed by atoms with van der Waals surface area (Å²) in [6.45, 7) is 0. The predicted molar refractivity (Wildman–Crippen MR) is 105 cm³/mol. The number of rotatable bonds is 3. The molecule has 5 rings (SSSR count). The Hall–Kier alpha value is -4.07. The average Bonchev–Trinajstić information content (AvgIpc) is 3.29. The molecule has 0 aliphatic carbocycles. The van der Waals surface area contributed by atoms with Crippen molar-refractivity contribution >= 4 is 33.9 Å². The highest BCUT2D eigenvalue weighted by Crippen LogP contribution is 2.47. The number of aromatic amines is 1. The fourth-order valence-electron chi connectivity index (χ4n) is 3.69. The van der Waals surface area contributed by atoms with Gasteiger partial charge in [-0.25, -0.2) is 4.98 Å². The van der Waals surface area contributed by atoms with Gasteiger partial charge in [-0.2, -0.15) is 4.98 Å². The minimum Gasteiger partial charge on any atom is -0.479 e. The second-order valence-electron chi connectivity index (χ2n) is 6.49. The third-order valence-electron chi connectivity index (χ3n) is 4.88. The van der Waals surface area contributed by atoms with Gasteiger partial charge in [-0.3, -0.25) is 4.79 Å². The summed E-state index contributed by atoms with van der Waals surface area (Å²) in [5, 5.41) is 14.2. The molecule has 28 heavy (non-hydrogen) atoms. The molecule has 2 aromatic carbocycles. The molecular formula is C20H16N6O2. The van der Waals surface area contributed by atoms with Gasteiger partial charge in [-0.15, -0.1) is 0 Å². The first-order valence-corrected chi connectivity index (χ1v) is 8.70. The van der Waals surface area contributed by atoms with E-state index in [0.29, 0.717) is 5.69 Å². The van der Waals surface area contributed by atoms with Crippen molar-refractivity contribution in [2.75, 3.05) is 10.2 Å². The fourth-order valence-corrected chi connectivity index (χ4v) is 3.69. The average molecular weight is 372 g/mol. The smallest absolute Gasteiger partial charge is 0.314 e. The summed E-state index contributed by atoms with van der Waals surface area (Å²) in [4.78, 5) is 25.0. The first kappa shape index (κ1) is 16.1. The van der Waals surface area contributed by atoms with Crippen LogP contribution in [0.2, 0.25) is 0 Å². The molecule has 0 saturated carbocycles. The number of nitrogens with zero attached hydrogens (tertiary/aromatic N) is 3. The molecule has 1 unspecified atom stereocenters. The number of H-pyrrole nitrogens is 1. The highest BCUT2D eigenvalue weighted by Gasteiger charge is 2.35. The minimum absolute atomic E-state index is 0.0455. The molecule has 0 spiro atoms. The van der Waals surface area contributed by atoms with Crippen LogP contribution >= 0.6 is 0 Å². The molecule has 8 heteroatoms. The van der Waals surface area contributed by atoms with Gasteiger partial charge in [-0.05, 0) is 18.2 Å². The van der Waals surface area contributed by atoms with E-state index in [0.717, 1.165) is 27.8 Å². The molecule has 0 saturated heterocycles. The monoisotopic (exact) mass is 372 g/mol. The van der Waals surface area contributed by atoms with Crippen molar-refractivity contribution in [2.45, 2.75) is 6.17 Å². The van der Waals surface area contributed by atoms with E-state index in [2.05, 4.69) is 20.3 Å². The van der Waals surface area contributed by atoms with Crippen LogP contribution in [-0.2, 0) is 0 Å². The SMILES string of the molecule is NC(=O)c1nc(O)ncc1N1c2ccccc2NC1c1c[nH]c2ccccc12. The molecule has 1 atom stereocenters. The molecule has 0 radical (unpaired) electrons. The Morgan fingerprint density at radius 1 is 1.11 bits per heavy atom. The van der Waals surface area contributed by atoms with Gasteiger partial charge in [0.15, 0.2) is 5.69 Å². The van der Waals surface area contributed by atoms with E-state index in [1.54, 1.807) is 0 Å². The second-order valence-corrected chi connectivity index (χ2v) is 6.49. The molecular weight excluding hydrogens is 356 g/mol. The maximum atomic E-state index is 12.0. The number of aromatic hydroxyl groups is 1. The van der Waals surface area contributed by atoms with Gasteiger partial charge < -0.3 is 26.0 Å². The third-order valence-corrected chi connectivity index (χ3v) is 4.88. The van der Waals surface area contributed by atoms with Crippen LogP contribution in [0.15, 0.2) is 60.9 Å². The van der Waals surface area contributed by atoms with Crippen LogP contribution in [0.1, 0.15) is 22.2 Å². The Labute approximate surface area is 159 Å². The number of aromatic nitrogens is 3. The lowest BCUT2D eigenvalue weighted by molar-refractivity contribution is 0.0995. The van der Waals surface area contributed by atoms with Crippen molar-refractivity contribution in [3.63, 3.8) is 0 Å². The summed E-state index contributed by atoms with van der Waals surface area (Å²) >= 11 is 0. The van der Waals surface area contributed by atoms with E-state index < -0.39 is 11.9 Å². The summed E-state index contributed by atoms with van der Waals surface area (Å²) in [6, 6.07) is 15.2. The molecule has 3 heterocycles. The highest BCUT2D eigenvalue weighted by molar-refractivity contribution is 5.99. The zero-order valence-electron chi connectivity index (χ0n) is 14.6. The van der Waals surface area contributed by atoms with Gasteiger partial charge in [0.1, 0.15) is 6.17 Å². The maximum absolute atomic E-state index is 12.0. The number of carbonyl (C=O) groups excluding carboxylic acids is 1. The highest BCUT2D eigenvalue weighted by atomic mass is 16.3. The summed E-state index contributed by atoms with van der Waals surface area (Å²) in [5.41, 5.74) is 9.66. The molecule has 1 aliphatic rings. The van der Waals surface area contributed by atoms with Crippen LogP contribution in [-0.4, -0.2) is 26.0 Å². The number of para-hydroxylation sites is 3. The Kier molecular flexibility index (Phi) is 3.45. The maximum Gasteiger partial charge on any atom is 0.314 e. The number of anilines is 3. The summed E-state index contributed by atoms with van der Waals surface area (Å²) in [5.74, 6) is -0.741. The first-order valence-electron chi connectivity index (χ1n) is 8.70. The van der Waals surface area contributed by atoms with Crippen LogP contribution in [0.3, 0.4) is 0 Å². The number of hydrogen-bond donors (Lipinski definition) is 4. The molecule has 1 amide bonds. The van der Waals surface area contributed by atoms with Gasteiger partial charge in [-0.1, -0.05) is 30.3 Å². The minimum atomic E-state index is -0.741. The third kappa shape index (κ3) is 2.35. The number of benzene rings is 2. The van der Waals surface area contributed by atoms with Crippen LogP contribution < -0.4 is 16.0 Å². The molecule has 138 valence electrons. The molecule has 5 N–H and O–H groups in total. The Morgan fingerprint density at radius 3 is 2.75 bits per heavy atom.